The smallest absolute Gasteiger partial charge is 0.311 e. The average molecular weight is 304 g/mol. The van der Waals surface area contributed by atoms with Gasteiger partial charge < -0.3 is 4.74 Å². The van der Waals surface area contributed by atoms with Crippen molar-refractivity contribution in [1.82, 2.24) is 0 Å². The molecule has 5 heteroatoms. The third-order valence-corrected chi connectivity index (χ3v) is 3.11. The highest BCUT2D eigenvalue weighted by Gasteiger charge is 2.09. The summed E-state index contributed by atoms with van der Waals surface area (Å²) in [5.74, 6) is -0.531. The molecule has 3 nitrogen and oxygen atoms in total. The summed E-state index contributed by atoms with van der Waals surface area (Å²) in [4.78, 5) is 11.7. The van der Waals surface area contributed by atoms with Crippen LogP contribution in [-0.2, 0) is 11.2 Å². The van der Waals surface area contributed by atoms with Gasteiger partial charge in [-0.25, -0.2) is 4.39 Å². The van der Waals surface area contributed by atoms with Crippen LogP contribution in [-0.4, -0.2) is 5.97 Å². The van der Waals surface area contributed by atoms with Gasteiger partial charge in [-0.1, -0.05) is 23.7 Å². The van der Waals surface area contributed by atoms with Crippen molar-refractivity contribution < 1.29 is 13.9 Å². The number of carbonyl (C=O) groups excluding carboxylic acids is 1. The predicted molar refractivity (Wildman–Crippen MR) is 76.5 cm³/mol. The second-order valence-electron chi connectivity index (χ2n) is 4.36. The normalized spacial score (nSPS) is 9.95. The fraction of sp³-hybridized carbons (Fsp3) is 0.125. The lowest BCUT2D eigenvalue weighted by atomic mass is 10.1. The molecule has 0 atom stereocenters. The fourth-order valence-corrected chi connectivity index (χ4v) is 1.94. The second-order valence-corrected chi connectivity index (χ2v) is 4.76. The van der Waals surface area contributed by atoms with E-state index in [1.54, 1.807) is 12.1 Å². The van der Waals surface area contributed by atoms with E-state index in [1.165, 1.54) is 30.3 Å². The molecule has 0 aromatic heterocycles. The molecule has 106 valence electrons. The van der Waals surface area contributed by atoms with E-state index in [-0.39, 0.29) is 23.0 Å². The Balaban J connectivity index is 1.93. The first-order valence-corrected chi connectivity index (χ1v) is 6.61. The van der Waals surface area contributed by atoms with Gasteiger partial charge in [0.15, 0.2) is 0 Å². The molecule has 0 aliphatic heterocycles. The van der Waals surface area contributed by atoms with E-state index in [0.717, 1.165) is 5.56 Å². The molecule has 2 aromatic carbocycles. The number of esters is 1. The van der Waals surface area contributed by atoms with E-state index < -0.39 is 5.97 Å². The van der Waals surface area contributed by atoms with E-state index in [1.807, 2.05) is 6.07 Å². The summed E-state index contributed by atoms with van der Waals surface area (Å²) in [7, 11) is 0. The molecule has 0 saturated carbocycles. The SMILES string of the molecule is N#Cc1ccc(OC(=O)CCc2ccc(F)cc2)c(Cl)c1. The molecular formula is C16H11ClFNO2. The number of benzene rings is 2. The van der Waals surface area contributed by atoms with Gasteiger partial charge in [0.2, 0.25) is 0 Å². The maximum absolute atomic E-state index is 12.8. The minimum Gasteiger partial charge on any atom is -0.425 e. The van der Waals surface area contributed by atoms with Crippen LogP contribution in [0.15, 0.2) is 42.5 Å². The molecule has 0 unspecified atom stereocenters. The molecule has 0 amide bonds. The Morgan fingerprint density at radius 1 is 1.24 bits per heavy atom. The van der Waals surface area contributed by atoms with Gasteiger partial charge >= 0.3 is 5.97 Å². The van der Waals surface area contributed by atoms with Crippen molar-refractivity contribution in [3.8, 4) is 11.8 Å². The Labute approximate surface area is 126 Å². The van der Waals surface area contributed by atoms with E-state index in [4.69, 9.17) is 21.6 Å². The molecule has 0 aliphatic rings. The lowest BCUT2D eigenvalue weighted by Gasteiger charge is -2.06. The molecule has 0 aliphatic carbocycles. The van der Waals surface area contributed by atoms with Crippen molar-refractivity contribution in [1.29, 1.82) is 5.26 Å². The molecule has 0 N–H and O–H groups in total. The summed E-state index contributed by atoms with van der Waals surface area (Å²) in [5, 5.41) is 8.93. The third-order valence-electron chi connectivity index (χ3n) is 2.82. The Kier molecular flexibility index (Phi) is 4.91. The van der Waals surface area contributed by atoms with Crippen LogP contribution in [0.5, 0.6) is 5.75 Å². The van der Waals surface area contributed by atoms with Gasteiger partial charge in [0, 0.05) is 6.42 Å². The van der Waals surface area contributed by atoms with E-state index in [2.05, 4.69) is 0 Å². The van der Waals surface area contributed by atoms with E-state index in [9.17, 15) is 9.18 Å². The molecule has 2 aromatic rings. The Hall–Kier alpha value is -2.38. The minimum absolute atomic E-state index is 0.155. The van der Waals surface area contributed by atoms with Crippen LogP contribution in [0.3, 0.4) is 0 Å². The first-order chi connectivity index (χ1) is 10.1. The lowest BCUT2D eigenvalue weighted by molar-refractivity contribution is -0.134. The van der Waals surface area contributed by atoms with Crippen LogP contribution in [0.2, 0.25) is 5.02 Å². The predicted octanol–water partition coefficient (Wildman–Crippen LogP) is 3.89. The zero-order valence-electron chi connectivity index (χ0n) is 11.0. The number of nitriles is 1. The summed E-state index contributed by atoms with van der Waals surface area (Å²) in [5.41, 5.74) is 1.24. The van der Waals surface area contributed by atoms with Crippen molar-refractivity contribution in [2.24, 2.45) is 0 Å². The standard InChI is InChI=1S/C16H11ClFNO2/c17-14-9-12(10-19)3-7-15(14)21-16(20)8-4-11-1-5-13(18)6-2-11/h1-3,5-7,9H,4,8H2. The molecule has 0 radical (unpaired) electrons. The average Bonchev–Trinajstić information content (AvgIpc) is 2.48. The Morgan fingerprint density at radius 3 is 2.57 bits per heavy atom. The van der Waals surface area contributed by atoms with Crippen molar-refractivity contribution >= 4 is 17.6 Å². The van der Waals surface area contributed by atoms with Crippen LogP contribution in [0.25, 0.3) is 0 Å². The minimum atomic E-state index is -0.439. The van der Waals surface area contributed by atoms with Gasteiger partial charge in [-0.2, -0.15) is 5.26 Å². The Morgan fingerprint density at radius 2 is 1.95 bits per heavy atom. The summed E-state index contributed by atoms with van der Waals surface area (Å²) >= 11 is 5.92. The summed E-state index contributed by atoms with van der Waals surface area (Å²) in [6.45, 7) is 0. The van der Waals surface area contributed by atoms with Gasteiger partial charge in [-0.3, -0.25) is 4.79 Å². The van der Waals surface area contributed by atoms with Crippen LogP contribution < -0.4 is 4.74 Å². The fourth-order valence-electron chi connectivity index (χ4n) is 1.72. The van der Waals surface area contributed by atoms with Crippen LogP contribution in [0.1, 0.15) is 17.5 Å². The van der Waals surface area contributed by atoms with Crippen molar-refractivity contribution in [3.05, 3.63) is 64.4 Å². The number of nitrogens with zero attached hydrogens (tertiary/aromatic N) is 1. The first-order valence-electron chi connectivity index (χ1n) is 6.23. The molecule has 0 saturated heterocycles. The topological polar surface area (TPSA) is 50.1 Å². The maximum atomic E-state index is 12.8. The maximum Gasteiger partial charge on any atom is 0.311 e. The summed E-state index contributed by atoms with van der Waals surface area (Å²) < 4.78 is 17.9. The summed E-state index contributed by atoms with van der Waals surface area (Å²) in [6.07, 6.45) is 0.606. The molecule has 0 spiro atoms. The highest BCUT2D eigenvalue weighted by molar-refractivity contribution is 6.32. The molecule has 0 heterocycles. The largest absolute Gasteiger partial charge is 0.425 e. The molecular weight excluding hydrogens is 293 g/mol. The Bertz CT molecular complexity index is 692. The quantitative estimate of drug-likeness (QED) is 0.636. The number of hydrogen-bond donors (Lipinski definition) is 0. The molecule has 0 bridgehead atoms. The number of carbonyl (C=O) groups is 1. The van der Waals surface area contributed by atoms with E-state index in [0.29, 0.717) is 12.0 Å². The molecule has 0 fully saturated rings. The number of hydrogen-bond acceptors (Lipinski definition) is 3. The van der Waals surface area contributed by atoms with Gasteiger partial charge in [0.25, 0.3) is 0 Å². The number of ether oxygens (including phenoxy) is 1. The van der Waals surface area contributed by atoms with Gasteiger partial charge in [-0.15, -0.1) is 0 Å². The lowest BCUT2D eigenvalue weighted by Crippen LogP contribution is -2.09. The number of halogens is 2. The molecule has 2 rings (SSSR count). The van der Waals surface area contributed by atoms with E-state index >= 15 is 0 Å². The van der Waals surface area contributed by atoms with Crippen LogP contribution in [0, 0.1) is 17.1 Å². The number of aryl methyl sites for hydroxylation is 1. The first kappa shape index (κ1) is 15.0. The van der Waals surface area contributed by atoms with Crippen LogP contribution >= 0.6 is 11.6 Å². The van der Waals surface area contributed by atoms with Gasteiger partial charge in [-0.05, 0) is 42.3 Å². The van der Waals surface area contributed by atoms with Crippen LogP contribution in [0.4, 0.5) is 4.39 Å². The van der Waals surface area contributed by atoms with Crippen molar-refractivity contribution in [3.63, 3.8) is 0 Å². The third kappa shape index (κ3) is 4.30. The second kappa shape index (κ2) is 6.87. The van der Waals surface area contributed by atoms with Gasteiger partial charge in [0.05, 0.1) is 16.7 Å². The zero-order valence-corrected chi connectivity index (χ0v) is 11.7. The molecule has 21 heavy (non-hydrogen) atoms. The summed E-state index contributed by atoms with van der Waals surface area (Å²) in [6, 6.07) is 12.3. The monoisotopic (exact) mass is 303 g/mol. The van der Waals surface area contributed by atoms with Gasteiger partial charge in [0.1, 0.15) is 11.6 Å². The van der Waals surface area contributed by atoms with Crippen molar-refractivity contribution in [2.75, 3.05) is 0 Å². The van der Waals surface area contributed by atoms with Crippen molar-refractivity contribution in [2.45, 2.75) is 12.8 Å². The zero-order chi connectivity index (χ0) is 15.2. The highest BCUT2D eigenvalue weighted by Crippen LogP contribution is 2.25. The number of rotatable bonds is 4. The highest BCUT2D eigenvalue weighted by atomic mass is 35.5.